The van der Waals surface area contributed by atoms with E-state index in [1.54, 1.807) is 23.8 Å². The van der Waals surface area contributed by atoms with Crippen molar-refractivity contribution < 1.29 is 17.9 Å². The van der Waals surface area contributed by atoms with E-state index in [0.29, 0.717) is 37.6 Å². The molecule has 2 aliphatic rings. The van der Waals surface area contributed by atoms with E-state index >= 15 is 0 Å². The molecule has 0 amide bonds. The largest absolute Gasteiger partial charge is 0.497 e. The second kappa shape index (κ2) is 8.12. The molecule has 28 heavy (non-hydrogen) atoms. The zero-order valence-corrected chi connectivity index (χ0v) is 16.6. The van der Waals surface area contributed by atoms with Gasteiger partial charge in [-0.2, -0.15) is 17.0 Å². The Morgan fingerprint density at radius 2 is 1.96 bits per heavy atom. The number of benzene rings is 1. The molecule has 1 unspecified atom stereocenters. The van der Waals surface area contributed by atoms with E-state index in [4.69, 9.17) is 9.47 Å². The Morgan fingerprint density at radius 1 is 1.14 bits per heavy atom. The molecule has 0 N–H and O–H groups in total. The van der Waals surface area contributed by atoms with Crippen LogP contribution in [0.25, 0.3) is 11.3 Å². The fourth-order valence-electron chi connectivity index (χ4n) is 3.55. The van der Waals surface area contributed by atoms with Crippen LogP contribution >= 0.6 is 0 Å². The summed E-state index contributed by atoms with van der Waals surface area (Å²) in [5, 5.41) is 0. The number of hydrogen-bond acceptors (Lipinski definition) is 6. The van der Waals surface area contributed by atoms with Gasteiger partial charge in [-0.15, -0.1) is 0 Å². The molecule has 2 fully saturated rings. The van der Waals surface area contributed by atoms with Gasteiger partial charge in [-0.25, -0.2) is 4.98 Å². The van der Waals surface area contributed by atoms with Gasteiger partial charge in [0.15, 0.2) is 0 Å². The Morgan fingerprint density at radius 3 is 2.75 bits per heavy atom. The number of methoxy groups -OCH3 is 1. The van der Waals surface area contributed by atoms with Crippen molar-refractivity contribution in [3.05, 3.63) is 42.4 Å². The zero-order valence-electron chi connectivity index (χ0n) is 15.8. The van der Waals surface area contributed by atoms with Gasteiger partial charge >= 0.3 is 0 Å². The minimum absolute atomic E-state index is 0.245. The van der Waals surface area contributed by atoms with Crippen molar-refractivity contribution in [2.24, 2.45) is 0 Å². The molecular formula is C19H24N4O4S. The van der Waals surface area contributed by atoms with Crippen molar-refractivity contribution in [2.75, 3.05) is 39.9 Å². The summed E-state index contributed by atoms with van der Waals surface area (Å²) in [7, 11) is -1.83. The quantitative estimate of drug-likeness (QED) is 0.756. The number of aromatic nitrogens is 2. The first-order chi connectivity index (χ1) is 13.6. The molecule has 0 radical (unpaired) electrons. The Labute approximate surface area is 165 Å². The lowest BCUT2D eigenvalue weighted by molar-refractivity contribution is -0.00660. The van der Waals surface area contributed by atoms with Crippen LogP contribution in [-0.2, 0) is 14.9 Å². The molecule has 1 aromatic heterocycles. The van der Waals surface area contributed by atoms with Crippen molar-refractivity contribution in [3.8, 4) is 17.0 Å². The number of nitrogens with zero attached hydrogens (tertiary/aromatic N) is 4. The Bertz CT molecular complexity index is 931. The summed E-state index contributed by atoms with van der Waals surface area (Å²) >= 11 is 0. The number of hydrogen-bond donors (Lipinski definition) is 0. The fourth-order valence-corrected chi connectivity index (χ4v) is 5.23. The third-order valence-corrected chi connectivity index (χ3v) is 7.10. The highest BCUT2D eigenvalue weighted by atomic mass is 32.2. The lowest BCUT2D eigenvalue weighted by Gasteiger charge is -2.34. The van der Waals surface area contributed by atoms with Gasteiger partial charge in [0.1, 0.15) is 11.9 Å². The lowest BCUT2D eigenvalue weighted by atomic mass is 10.1. The lowest BCUT2D eigenvalue weighted by Crippen LogP contribution is -2.48. The molecule has 8 nitrogen and oxygen atoms in total. The van der Waals surface area contributed by atoms with Crippen molar-refractivity contribution in [1.82, 2.24) is 18.6 Å². The Balaban J connectivity index is 1.55. The second-order valence-electron chi connectivity index (χ2n) is 6.89. The van der Waals surface area contributed by atoms with Crippen LogP contribution < -0.4 is 4.74 Å². The summed E-state index contributed by atoms with van der Waals surface area (Å²) in [6, 6.07) is 7.58. The topological polar surface area (TPSA) is 84.9 Å². The molecule has 0 bridgehead atoms. The van der Waals surface area contributed by atoms with E-state index in [1.807, 2.05) is 24.3 Å². The molecule has 3 heterocycles. The third-order valence-electron chi connectivity index (χ3n) is 5.10. The maximum Gasteiger partial charge on any atom is 0.282 e. The smallest absolute Gasteiger partial charge is 0.282 e. The molecule has 0 aliphatic carbocycles. The predicted octanol–water partition coefficient (Wildman–Crippen LogP) is 1.87. The molecule has 1 atom stereocenters. The normalized spacial score (nSPS) is 21.7. The van der Waals surface area contributed by atoms with Crippen LogP contribution in [0.4, 0.5) is 0 Å². The summed E-state index contributed by atoms with van der Waals surface area (Å²) in [6.07, 6.45) is 4.71. The Hall–Kier alpha value is -2.07. The van der Waals surface area contributed by atoms with Crippen molar-refractivity contribution >= 4 is 10.2 Å². The fraction of sp³-hybridized carbons (Fsp3) is 0.474. The zero-order chi connectivity index (χ0) is 19.6. The van der Waals surface area contributed by atoms with Crippen molar-refractivity contribution in [3.63, 3.8) is 0 Å². The van der Waals surface area contributed by atoms with Crippen LogP contribution in [0.3, 0.4) is 0 Å². The number of ether oxygens (including phenoxy) is 2. The molecule has 2 aliphatic heterocycles. The van der Waals surface area contributed by atoms with Crippen LogP contribution in [0, 0.1) is 0 Å². The van der Waals surface area contributed by atoms with Gasteiger partial charge in [0, 0.05) is 31.7 Å². The summed E-state index contributed by atoms with van der Waals surface area (Å²) < 4.78 is 39.9. The van der Waals surface area contributed by atoms with Crippen LogP contribution in [0.1, 0.15) is 24.6 Å². The SMILES string of the molecule is COc1cccc(-c2cncc(C3CN(S(=O)(=O)N4CCCC4)CCO3)n2)c1. The van der Waals surface area contributed by atoms with E-state index in [0.717, 1.165) is 24.2 Å². The van der Waals surface area contributed by atoms with Crippen molar-refractivity contribution in [2.45, 2.75) is 18.9 Å². The van der Waals surface area contributed by atoms with Crippen LogP contribution in [0.5, 0.6) is 5.75 Å². The summed E-state index contributed by atoms with van der Waals surface area (Å²) in [4.78, 5) is 8.97. The van der Waals surface area contributed by atoms with Gasteiger partial charge in [-0.05, 0) is 25.0 Å². The molecule has 4 rings (SSSR count). The second-order valence-corrected chi connectivity index (χ2v) is 8.82. The van der Waals surface area contributed by atoms with E-state index in [-0.39, 0.29) is 6.54 Å². The molecule has 0 spiro atoms. The predicted molar refractivity (Wildman–Crippen MR) is 104 cm³/mol. The minimum atomic E-state index is -3.45. The Kier molecular flexibility index (Phi) is 5.58. The van der Waals surface area contributed by atoms with Gasteiger partial charge in [-0.3, -0.25) is 4.98 Å². The summed E-state index contributed by atoms with van der Waals surface area (Å²) in [6.45, 7) is 2.13. The van der Waals surface area contributed by atoms with Gasteiger partial charge < -0.3 is 9.47 Å². The molecular weight excluding hydrogens is 380 g/mol. The highest BCUT2D eigenvalue weighted by Crippen LogP contribution is 2.27. The van der Waals surface area contributed by atoms with E-state index < -0.39 is 16.3 Å². The van der Waals surface area contributed by atoms with E-state index in [2.05, 4.69) is 9.97 Å². The number of rotatable bonds is 5. The number of morpholine rings is 1. The standard InChI is InChI=1S/C19H24N4O4S/c1-26-16-6-4-5-15(11-16)17-12-20-13-18(21-17)19-14-23(9-10-27-19)28(24,25)22-7-2-3-8-22/h4-6,11-13,19H,2-3,7-10,14H2,1H3. The molecule has 9 heteroatoms. The van der Waals surface area contributed by atoms with Crippen molar-refractivity contribution in [1.29, 1.82) is 0 Å². The molecule has 0 saturated carbocycles. The van der Waals surface area contributed by atoms with E-state index in [1.165, 1.54) is 4.31 Å². The molecule has 2 saturated heterocycles. The first kappa shape index (κ1) is 19.3. The molecule has 2 aromatic rings. The van der Waals surface area contributed by atoms with Gasteiger partial charge in [0.05, 0.1) is 37.5 Å². The van der Waals surface area contributed by atoms with Gasteiger partial charge in [0.2, 0.25) is 0 Å². The summed E-state index contributed by atoms with van der Waals surface area (Å²) in [5.74, 6) is 0.738. The van der Waals surface area contributed by atoms with E-state index in [9.17, 15) is 8.42 Å². The third kappa shape index (κ3) is 3.88. The van der Waals surface area contributed by atoms with Crippen LogP contribution in [-0.4, -0.2) is 66.9 Å². The van der Waals surface area contributed by atoms with Gasteiger partial charge in [0.25, 0.3) is 10.2 Å². The first-order valence-corrected chi connectivity index (χ1v) is 10.8. The average molecular weight is 404 g/mol. The average Bonchev–Trinajstić information content (AvgIpc) is 3.30. The van der Waals surface area contributed by atoms with Crippen LogP contribution in [0.15, 0.2) is 36.7 Å². The molecule has 150 valence electrons. The van der Waals surface area contributed by atoms with Crippen LogP contribution in [0.2, 0.25) is 0 Å². The highest BCUT2D eigenvalue weighted by Gasteiger charge is 2.36. The van der Waals surface area contributed by atoms with Gasteiger partial charge in [-0.1, -0.05) is 12.1 Å². The highest BCUT2D eigenvalue weighted by molar-refractivity contribution is 7.86. The maximum absolute atomic E-state index is 12.9. The summed E-state index contributed by atoms with van der Waals surface area (Å²) in [5.41, 5.74) is 2.20. The maximum atomic E-state index is 12.9. The molecule has 1 aromatic carbocycles. The first-order valence-electron chi connectivity index (χ1n) is 9.41. The monoisotopic (exact) mass is 404 g/mol. The minimum Gasteiger partial charge on any atom is -0.497 e.